The van der Waals surface area contributed by atoms with E-state index in [4.69, 9.17) is 0 Å². The summed E-state index contributed by atoms with van der Waals surface area (Å²) in [6.45, 7) is 13.3. The summed E-state index contributed by atoms with van der Waals surface area (Å²) < 4.78 is 9.06. The fraction of sp³-hybridized carbons (Fsp3) is 0.769. The van der Waals surface area contributed by atoms with E-state index in [9.17, 15) is 0 Å². The SMILES string of the molecule is C.C.C.C.[CH2-]C.[CH2-]CCOC.[CH2-]COC.[Y+3]. The standard InChI is InChI=1S/C4H9O.C3H7O.C2H5.4CH4.Y/c1-3-4-5-2;1-3-4-2;1-2;;;;;/h1,3-4H2,2H3;1,3H2,2H3;1H2,2H3;4*1H4;/q3*-1;;;;;+3. The summed E-state index contributed by atoms with van der Waals surface area (Å²) in [6, 6.07) is 0. The second kappa shape index (κ2) is 99.7. The van der Waals surface area contributed by atoms with E-state index in [0.29, 0.717) is 6.61 Å². The minimum atomic E-state index is 0. The third kappa shape index (κ3) is 182. The first-order chi connectivity index (χ1) is 5.33. The molecule has 0 aliphatic rings. The summed E-state index contributed by atoms with van der Waals surface area (Å²) in [5, 5.41) is 0. The van der Waals surface area contributed by atoms with E-state index in [1.165, 1.54) is 0 Å². The smallest absolute Gasteiger partial charge is 0.417 e. The molecule has 0 aliphatic heterocycles. The van der Waals surface area contributed by atoms with Gasteiger partial charge in [0, 0.05) is 20.8 Å². The van der Waals surface area contributed by atoms with Crippen LogP contribution in [0.5, 0.6) is 0 Å². The van der Waals surface area contributed by atoms with Gasteiger partial charge in [0.25, 0.3) is 0 Å². The van der Waals surface area contributed by atoms with Gasteiger partial charge in [0.2, 0.25) is 0 Å². The molecular weight excluding hydrogens is 277 g/mol. The van der Waals surface area contributed by atoms with Gasteiger partial charge in [-0.3, -0.25) is 0 Å². The van der Waals surface area contributed by atoms with Crippen molar-refractivity contribution in [3.63, 3.8) is 0 Å². The predicted octanol–water partition coefficient (Wildman–Crippen LogP) is 4.71. The molecule has 0 radical (unpaired) electrons. The molecule has 0 unspecified atom stereocenters. The third-order valence-corrected chi connectivity index (χ3v) is 0.553. The van der Waals surface area contributed by atoms with E-state index in [2.05, 4.69) is 30.2 Å². The zero-order chi connectivity index (χ0) is 9.54. The van der Waals surface area contributed by atoms with Gasteiger partial charge in [0.05, 0.1) is 0 Å². The summed E-state index contributed by atoms with van der Waals surface area (Å²) in [7, 11) is 3.29. The molecular formula is C13H37O2Y. The summed E-state index contributed by atoms with van der Waals surface area (Å²) in [4.78, 5) is 0. The Bertz CT molecular complexity index is 33.1. The van der Waals surface area contributed by atoms with Crippen LogP contribution in [0.4, 0.5) is 0 Å². The molecule has 0 aromatic heterocycles. The Morgan fingerprint density at radius 3 is 1.06 bits per heavy atom. The fourth-order valence-electron chi connectivity index (χ4n) is 0.144. The molecule has 0 spiro atoms. The van der Waals surface area contributed by atoms with Crippen LogP contribution in [0.3, 0.4) is 0 Å². The third-order valence-electron chi connectivity index (χ3n) is 0.553. The van der Waals surface area contributed by atoms with Crippen LogP contribution in [-0.4, -0.2) is 27.4 Å². The van der Waals surface area contributed by atoms with E-state index in [0.717, 1.165) is 13.0 Å². The summed E-state index contributed by atoms with van der Waals surface area (Å²) in [6.07, 6.45) is 0.872. The Hall–Kier alpha value is 1.02. The first-order valence-corrected chi connectivity index (χ1v) is 3.60. The summed E-state index contributed by atoms with van der Waals surface area (Å²) >= 11 is 0. The maximum Gasteiger partial charge on any atom is 3.00 e. The van der Waals surface area contributed by atoms with Gasteiger partial charge in [-0.05, 0) is 0 Å². The quantitative estimate of drug-likeness (QED) is 0.703. The minimum absolute atomic E-state index is 0. The molecule has 104 valence electrons. The van der Waals surface area contributed by atoms with Crippen molar-refractivity contribution < 1.29 is 42.2 Å². The largest absolute Gasteiger partial charge is 3.00 e. The molecule has 0 aromatic carbocycles. The summed E-state index contributed by atoms with van der Waals surface area (Å²) in [5.74, 6) is 0. The van der Waals surface area contributed by atoms with Crippen LogP contribution in [0.2, 0.25) is 0 Å². The van der Waals surface area contributed by atoms with Gasteiger partial charge in [-0.2, -0.15) is 13.3 Å². The predicted molar refractivity (Wildman–Crippen MR) is 77.0 cm³/mol. The average Bonchev–Trinajstić information content (AvgIpc) is 2.10. The Morgan fingerprint density at radius 1 is 0.812 bits per heavy atom. The van der Waals surface area contributed by atoms with E-state index >= 15 is 0 Å². The zero-order valence-electron chi connectivity index (χ0n) is 8.64. The van der Waals surface area contributed by atoms with Crippen LogP contribution in [0.1, 0.15) is 43.1 Å². The van der Waals surface area contributed by atoms with Crippen molar-refractivity contribution >= 4 is 0 Å². The first kappa shape index (κ1) is 53.7. The Labute approximate surface area is 133 Å². The van der Waals surface area contributed by atoms with Crippen molar-refractivity contribution in [3.05, 3.63) is 20.8 Å². The minimum Gasteiger partial charge on any atom is -0.417 e. The van der Waals surface area contributed by atoms with Crippen molar-refractivity contribution in [2.45, 2.75) is 43.1 Å². The molecule has 3 heteroatoms. The van der Waals surface area contributed by atoms with Gasteiger partial charge in [0.1, 0.15) is 0 Å². The molecule has 0 saturated carbocycles. The van der Waals surface area contributed by atoms with Gasteiger partial charge in [-0.25, -0.2) is 0 Å². The molecule has 0 N–H and O–H groups in total. The molecule has 0 saturated heterocycles. The Morgan fingerprint density at radius 2 is 1.06 bits per heavy atom. The van der Waals surface area contributed by atoms with Gasteiger partial charge in [0.15, 0.2) is 0 Å². The first-order valence-electron chi connectivity index (χ1n) is 3.60. The van der Waals surface area contributed by atoms with Gasteiger partial charge in [-0.15, -0.1) is 0 Å². The second-order valence-corrected chi connectivity index (χ2v) is 1.34. The van der Waals surface area contributed by atoms with Crippen molar-refractivity contribution in [3.8, 4) is 0 Å². The number of ether oxygens (including phenoxy) is 2. The second-order valence-electron chi connectivity index (χ2n) is 1.34. The molecule has 16 heavy (non-hydrogen) atoms. The number of hydrogen-bond acceptors (Lipinski definition) is 2. The maximum absolute atomic E-state index is 4.63. The van der Waals surface area contributed by atoms with Gasteiger partial charge in [-0.1, -0.05) is 36.3 Å². The van der Waals surface area contributed by atoms with E-state index in [1.807, 2.05) is 0 Å². The van der Waals surface area contributed by atoms with Crippen molar-refractivity contribution in [2.75, 3.05) is 27.4 Å². The van der Waals surface area contributed by atoms with E-state index in [-0.39, 0.29) is 62.4 Å². The average molecular weight is 314 g/mol. The van der Waals surface area contributed by atoms with Crippen LogP contribution in [0, 0.1) is 20.8 Å². The zero-order valence-corrected chi connectivity index (χ0v) is 11.5. The van der Waals surface area contributed by atoms with Crippen molar-refractivity contribution in [1.29, 1.82) is 0 Å². The monoisotopic (exact) mass is 314 g/mol. The van der Waals surface area contributed by atoms with Crippen molar-refractivity contribution in [2.24, 2.45) is 0 Å². The van der Waals surface area contributed by atoms with Crippen LogP contribution < -0.4 is 0 Å². The Balaban J connectivity index is -0.00000000913. The molecule has 0 aliphatic carbocycles. The van der Waals surface area contributed by atoms with E-state index in [1.54, 1.807) is 21.1 Å². The molecule has 0 atom stereocenters. The van der Waals surface area contributed by atoms with E-state index < -0.39 is 0 Å². The van der Waals surface area contributed by atoms with Crippen molar-refractivity contribution in [1.82, 2.24) is 0 Å². The van der Waals surface area contributed by atoms with Crippen LogP contribution in [0.15, 0.2) is 0 Å². The summed E-state index contributed by atoms with van der Waals surface area (Å²) in [5.41, 5.74) is 0. The number of hydrogen-bond donors (Lipinski definition) is 0. The van der Waals surface area contributed by atoms with Gasteiger partial charge < -0.3 is 30.2 Å². The van der Waals surface area contributed by atoms with Crippen LogP contribution in [0.25, 0.3) is 0 Å². The topological polar surface area (TPSA) is 18.5 Å². The number of methoxy groups -OCH3 is 2. The number of rotatable bonds is 3. The van der Waals surface area contributed by atoms with Gasteiger partial charge >= 0.3 is 32.7 Å². The molecule has 0 heterocycles. The molecule has 0 rings (SSSR count). The van der Waals surface area contributed by atoms with Crippen LogP contribution >= 0.6 is 0 Å². The molecule has 0 bridgehead atoms. The Kier molecular flexibility index (Phi) is 334. The van der Waals surface area contributed by atoms with Crippen LogP contribution in [-0.2, 0) is 42.2 Å². The fourth-order valence-corrected chi connectivity index (χ4v) is 0.144. The maximum atomic E-state index is 4.63. The molecule has 0 amide bonds. The molecule has 0 fully saturated rings. The molecule has 2 nitrogen and oxygen atoms in total. The normalized spacial score (nSPS) is 4.88. The molecule has 0 aromatic rings.